The number of hydrogen-bond donors (Lipinski definition) is 4. The molecule has 0 rings (SSSR count). The van der Waals surface area contributed by atoms with Crippen LogP contribution in [0, 0.1) is 0 Å². The summed E-state index contributed by atoms with van der Waals surface area (Å²) in [5.41, 5.74) is 0. The highest BCUT2D eigenvalue weighted by molar-refractivity contribution is 4.84. The SMILES string of the molecule is CCCCCCCCCCCC(OC(CCCCCCCCCCC)C(CNC)NC)C(CNC)NC. The van der Waals surface area contributed by atoms with Crippen LogP contribution in [0.3, 0.4) is 0 Å². The van der Waals surface area contributed by atoms with E-state index in [9.17, 15) is 0 Å². The van der Waals surface area contributed by atoms with Gasteiger partial charge < -0.3 is 26.0 Å². The van der Waals surface area contributed by atoms with Crippen molar-refractivity contribution < 1.29 is 4.74 Å². The van der Waals surface area contributed by atoms with Crippen molar-refractivity contribution in [3.63, 3.8) is 0 Å². The Balaban J connectivity index is 4.74. The second kappa shape index (κ2) is 28.8. The highest BCUT2D eigenvalue weighted by Gasteiger charge is 2.28. The fraction of sp³-hybridized carbons (Fsp3) is 1.00. The number of nitrogens with one attached hydrogen (secondary N) is 4. The predicted octanol–water partition coefficient (Wildman–Crippen LogP) is 7.20. The minimum absolute atomic E-state index is 0.248. The van der Waals surface area contributed by atoms with E-state index in [0.29, 0.717) is 12.1 Å². The zero-order valence-electron chi connectivity index (χ0n) is 26.3. The van der Waals surface area contributed by atoms with Gasteiger partial charge in [0, 0.05) is 25.2 Å². The summed E-state index contributed by atoms with van der Waals surface area (Å²) in [5, 5.41) is 13.9. The average Bonchev–Trinajstić information content (AvgIpc) is 2.91. The molecule has 224 valence electrons. The summed E-state index contributed by atoms with van der Waals surface area (Å²) in [6.45, 7) is 6.48. The summed E-state index contributed by atoms with van der Waals surface area (Å²) in [6.07, 6.45) is 27.5. The van der Waals surface area contributed by atoms with Crippen molar-refractivity contribution in [2.24, 2.45) is 0 Å². The van der Waals surface area contributed by atoms with E-state index in [1.165, 1.54) is 116 Å². The van der Waals surface area contributed by atoms with E-state index < -0.39 is 0 Å². The van der Waals surface area contributed by atoms with E-state index in [0.717, 1.165) is 25.9 Å². The zero-order valence-corrected chi connectivity index (χ0v) is 26.3. The average molecular weight is 527 g/mol. The maximum atomic E-state index is 7.00. The van der Waals surface area contributed by atoms with Crippen LogP contribution in [0.15, 0.2) is 0 Å². The lowest BCUT2D eigenvalue weighted by molar-refractivity contribution is -0.0545. The number of unbranched alkanes of at least 4 members (excludes halogenated alkanes) is 16. The lowest BCUT2D eigenvalue weighted by Crippen LogP contribution is -2.52. The van der Waals surface area contributed by atoms with Gasteiger partial charge in [0.25, 0.3) is 0 Å². The fourth-order valence-corrected chi connectivity index (χ4v) is 5.54. The molecule has 5 heteroatoms. The third-order valence-corrected chi connectivity index (χ3v) is 8.02. The highest BCUT2D eigenvalue weighted by atomic mass is 16.5. The molecule has 4 N–H and O–H groups in total. The van der Waals surface area contributed by atoms with Crippen molar-refractivity contribution in [2.75, 3.05) is 41.3 Å². The van der Waals surface area contributed by atoms with Gasteiger partial charge in [-0.15, -0.1) is 0 Å². The summed E-state index contributed by atoms with van der Waals surface area (Å²) in [6, 6.07) is 0.688. The Bertz CT molecular complexity index is 399. The van der Waals surface area contributed by atoms with Crippen LogP contribution in [0.25, 0.3) is 0 Å². The minimum Gasteiger partial charge on any atom is -0.372 e. The number of hydrogen-bond acceptors (Lipinski definition) is 5. The molecule has 0 saturated carbocycles. The molecule has 0 heterocycles. The van der Waals surface area contributed by atoms with Crippen LogP contribution >= 0.6 is 0 Å². The zero-order chi connectivity index (χ0) is 27.4. The lowest BCUT2D eigenvalue weighted by Gasteiger charge is -2.35. The fourth-order valence-electron chi connectivity index (χ4n) is 5.54. The summed E-state index contributed by atoms with van der Waals surface area (Å²) < 4.78 is 7.00. The van der Waals surface area contributed by atoms with Crippen molar-refractivity contribution in [1.82, 2.24) is 21.3 Å². The van der Waals surface area contributed by atoms with Crippen molar-refractivity contribution in [3.05, 3.63) is 0 Å². The molecule has 0 aromatic carbocycles. The summed E-state index contributed by atoms with van der Waals surface area (Å²) >= 11 is 0. The van der Waals surface area contributed by atoms with Crippen LogP contribution in [0.4, 0.5) is 0 Å². The smallest absolute Gasteiger partial charge is 0.0744 e. The maximum Gasteiger partial charge on any atom is 0.0744 e. The maximum absolute atomic E-state index is 7.00. The predicted molar refractivity (Wildman–Crippen MR) is 166 cm³/mol. The largest absolute Gasteiger partial charge is 0.372 e. The molecule has 0 aromatic heterocycles. The first-order valence-corrected chi connectivity index (χ1v) is 16.5. The van der Waals surface area contributed by atoms with Crippen molar-refractivity contribution in [1.29, 1.82) is 0 Å². The van der Waals surface area contributed by atoms with Crippen LogP contribution in [0.5, 0.6) is 0 Å². The van der Waals surface area contributed by atoms with Gasteiger partial charge in [0.05, 0.1) is 12.2 Å². The van der Waals surface area contributed by atoms with Gasteiger partial charge in [-0.25, -0.2) is 0 Å². The van der Waals surface area contributed by atoms with Gasteiger partial charge in [-0.1, -0.05) is 129 Å². The van der Waals surface area contributed by atoms with Crippen LogP contribution in [0.2, 0.25) is 0 Å². The Labute approximate surface area is 233 Å². The van der Waals surface area contributed by atoms with E-state index in [2.05, 4.69) is 63.3 Å². The first kappa shape index (κ1) is 36.8. The number of rotatable bonds is 30. The van der Waals surface area contributed by atoms with E-state index in [-0.39, 0.29) is 12.2 Å². The Hall–Kier alpha value is -0.200. The third kappa shape index (κ3) is 21.3. The summed E-state index contributed by atoms with van der Waals surface area (Å²) in [5.74, 6) is 0. The number of likely N-dealkylation sites (N-methyl/N-ethyl adjacent to an activating group) is 4. The molecule has 0 aliphatic rings. The first-order valence-electron chi connectivity index (χ1n) is 16.5. The molecular weight excluding hydrogens is 456 g/mol. The third-order valence-electron chi connectivity index (χ3n) is 8.02. The van der Waals surface area contributed by atoms with Crippen molar-refractivity contribution in [3.8, 4) is 0 Å². The van der Waals surface area contributed by atoms with Crippen LogP contribution in [0.1, 0.15) is 142 Å². The van der Waals surface area contributed by atoms with E-state index in [1.54, 1.807) is 0 Å². The van der Waals surface area contributed by atoms with Gasteiger partial charge in [0.1, 0.15) is 0 Å². The van der Waals surface area contributed by atoms with Gasteiger partial charge in [-0.05, 0) is 41.0 Å². The molecule has 0 aliphatic carbocycles. The van der Waals surface area contributed by atoms with Crippen LogP contribution < -0.4 is 21.3 Å². The van der Waals surface area contributed by atoms with Gasteiger partial charge in [0.15, 0.2) is 0 Å². The Morgan fingerprint density at radius 2 is 0.730 bits per heavy atom. The van der Waals surface area contributed by atoms with Gasteiger partial charge in [-0.3, -0.25) is 0 Å². The van der Waals surface area contributed by atoms with Gasteiger partial charge in [0.2, 0.25) is 0 Å². The molecule has 5 nitrogen and oxygen atoms in total. The van der Waals surface area contributed by atoms with Crippen LogP contribution in [-0.4, -0.2) is 65.6 Å². The van der Waals surface area contributed by atoms with Crippen molar-refractivity contribution in [2.45, 2.75) is 167 Å². The molecule has 0 aromatic rings. The number of ether oxygens (including phenoxy) is 1. The minimum atomic E-state index is 0.248. The summed E-state index contributed by atoms with van der Waals surface area (Å²) in [7, 11) is 8.29. The Morgan fingerprint density at radius 3 is 1.00 bits per heavy atom. The standard InChI is InChI=1S/C32H70N4O/c1-7-9-11-13-15-17-19-21-23-25-31(29(35-5)27-33-3)37-32(30(36-6)28-34-4)26-24-22-20-18-16-14-12-10-8-2/h29-36H,7-28H2,1-6H3. The molecule has 0 aliphatic heterocycles. The summed E-state index contributed by atoms with van der Waals surface area (Å²) in [4.78, 5) is 0. The molecule has 0 saturated heterocycles. The molecule has 0 bridgehead atoms. The quantitative estimate of drug-likeness (QED) is 0.0746. The highest BCUT2D eigenvalue weighted by Crippen LogP contribution is 2.20. The second-order valence-electron chi connectivity index (χ2n) is 11.4. The monoisotopic (exact) mass is 527 g/mol. The molecular formula is C32H70N4O. The molecule has 0 fully saturated rings. The van der Waals surface area contributed by atoms with Crippen molar-refractivity contribution >= 4 is 0 Å². The van der Waals surface area contributed by atoms with Gasteiger partial charge >= 0.3 is 0 Å². The molecule has 0 radical (unpaired) electrons. The molecule has 4 unspecified atom stereocenters. The first-order chi connectivity index (χ1) is 18.2. The molecule has 37 heavy (non-hydrogen) atoms. The second-order valence-corrected chi connectivity index (χ2v) is 11.4. The van der Waals surface area contributed by atoms with Gasteiger partial charge in [-0.2, -0.15) is 0 Å². The molecule has 0 spiro atoms. The lowest BCUT2D eigenvalue weighted by atomic mass is 9.98. The normalized spacial score (nSPS) is 15.1. The Kier molecular flexibility index (Phi) is 28.6. The topological polar surface area (TPSA) is 57.4 Å². The van der Waals surface area contributed by atoms with E-state index in [4.69, 9.17) is 4.74 Å². The van der Waals surface area contributed by atoms with E-state index in [1.807, 2.05) is 0 Å². The van der Waals surface area contributed by atoms with E-state index >= 15 is 0 Å². The molecule has 4 atom stereocenters. The molecule has 0 amide bonds. The Morgan fingerprint density at radius 1 is 0.432 bits per heavy atom. The van der Waals surface area contributed by atoms with Crippen LogP contribution in [-0.2, 0) is 4.74 Å².